The smallest absolute Gasteiger partial charge is 0.289 e. The maximum absolute atomic E-state index is 11.9. The molecule has 0 saturated heterocycles. The van der Waals surface area contributed by atoms with E-state index in [-0.39, 0.29) is 12.1 Å². The summed E-state index contributed by atoms with van der Waals surface area (Å²) in [6.45, 7) is 0.441. The van der Waals surface area contributed by atoms with Crippen molar-refractivity contribution < 1.29 is 19.4 Å². The Morgan fingerprint density at radius 3 is 2.55 bits per heavy atom. The van der Waals surface area contributed by atoms with Crippen LogP contribution < -0.4 is 10.1 Å². The van der Waals surface area contributed by atoms with E-state index in [1.807, 2.05) is 12.1 Å². The number of nitrogens with one attached hydrogen (secondary N) is 1. The van der Waals surface area contributed by atoms with Crippen LogP contribution >= 0.6 is 0 Å². The molecule has 2 rings (SSSR count). The number of rotatable bonds is 4. The molecular formula is C14H16N2O4. The molecule has 2 amide bonds. The molecule has 0 saturated carbocycles. The highest BCUT2D eigenvalue weighted by molar-refractivity contribution is 6.06. The quantitative estimate of drug-likeness (QED) is 0.844. The maximum atomic E-state index is 11.9. The van der Waals surface area contributed by atoms with Crippen LogP contribution in [0.2, 0.25) is 0 Å². The summed E-state index contributed by atoms with van der Waals surface area (Å²) in [6, 6.07) is 7.26. The molecule has 0 spiro atoms. The lowest BCUT2D eigenvalue weighted by molar-refractivity contribution is -0.126. The van der Waals surface area contributed by atoms with Gasteiger partial charge in [-0.3, -0.25) is 9.59 Å². The molecule has 2 N–H and O–H groups in total. The second-order valence-corrected chi connectivity index (χ2v) is 4.52. The molecule has 0 aliphatic carbocycles. The molecule has 1 aliphatic heterocycles. The fourth-order valence-corrected chi connectivity index (χ4v) is 1.91. The third-order valence-corrected chi connectivity index (χ3v) is 3.12. The Kier molecular flexibility index (Phi) is 3.93. The topological polar surface area (TPSA) is 78.9 Å². The van der Waals surface area contributed by atoms with Crippen molar-refractivity contribution in [2.75, 3.05) is 20.7 Å². The highest BCUT2D eigenvalue weighted by Gasteiger charge is 2.31. The standard InChI is InChI=1S/C14H16N2O4/c1-16-8-11(12(17)14(16)19)13(18)15-7-9-3-5-10(20-2)6-4-9/h3-6,17H,7-8H2,1-2H3,(H,15,18). The zero-order valence-electron chi connectivity index (χ0n) is 11.3. The van der Waals surface area contributed by atoms with Gasteiger partial charge in [-0.25, -0.2) is 0 Å². The summed E-state index contributed by atoms with van der Waals surface area (Å²) in [4.78, 5) is 24.6. The minimum atomic E-state index is -0.528. The molecular weight excluding hydrogens is 260 g/mol. The molecule has 0 aromatic heterocycles. The Balaban J connectivity index is 1.97. The van der Waals surface area contributed by atoms with Crippen molar-refractivity contribution in [3.05, 3.63) is 41.2 Å². The number of benzene rings is 1. The lowest BCUT2D eigenvalue weighted by Gasteiger charge is -2.08. The van der Waals surface area contributed by atoms with Gasteiger partial charge in [0.2, 0.25) is 0 Å². The van der Waals surface area contributed by atoms with Crippen LogP contribution in [-0.2, 0) is 16.1 Å². The van der Waals surface area contributed by atoms with Gasteiger partial charge in [-0.05, 0) is 17.7 Å². The van der Waals surface area contributed by atoms with Crippen molar-refractivity contribution in [2.45, 2.75) is 6.54 Å². The van der Waals surface area contributed by atoms with E-state index in [1.165, 1.54) is 11.9 Å². The van der Waals surface area contributed by atoms with Crippen LogP contribution in [0.15, 0.2) is 35.6 Å². The Hall–Kier alpha value is -2.50. The largest absolute Gasteiger partial charge is 0.503 e. The number of methoxy groups -OCH3 is 1. The first-order valence-electron chi connectivity index (χ1n) is 6.11. The molecule has 1 aromatic carbocycles. The normalized spacial score (nSPS) is 14.7. The zero-order valence-corrected chi connectivity index (χ0v) is 11.3. The van der Waals surface area contributed by atoms with Crippen LogP contribution in [0.3, 0.4) is 0 Å². The molecule has 1 heterocycles. The Labute approximate surface area is 116 Å². The highest BCUT2D eigenvalue weighted by atomic mass is 16.5. The summed E-state index contributed by atoms with van der Waals surface area (Å²) in [6.07, 6.45) is 0. The maximum Gasteiger partial charge on any atom is 0.289 e. The number of amides is 2. The fraction of sp³-hybridized carbons (Fsp3) is 0.286. The van der Waals surface area contributed by atoms with Crippen molar-refractivity contribution in [1.29, 1.82) is 0 Å². The molecule has 1 aromatic rings. The van der Waals surface area contributed by atoms with Gasteiger partial charge in [-0.1, -0.05) is 12.1 Å². The lowest BCUT2D eigenvalue weighted by Crippen LogP contribution is -2.27. The summed E-state index contributed by atoms with van der Waals surface area (Å²) in [5.41, 5.74) is 1.00. The van der Waals surface area contributed by atoms with Gasteiger partial charge in [0.05, 0.1) is 19.2 Å². The average Bonchev–Trinajstić information content (AvgIpc) is 2.73. The first kappa shape index (κ1) is 13.9. The van der Waals surface area contributed by atoms with Crippen LogP contribution in [0.25, 0.3) is 0 Å². The predicted molar refractivity (Wildman–Crippen MR) is 72.1 cm³/mol. The van der Waals surface area contributed by atoms with Crippen molar-refractivity contribution in [3.63, 3.8) is 0 Å². The van der Waals surface area contributed by atoms with E-state index in [2.05, 4.69) is 5.32 Å². The van der Waals surface area contributed by atoms with E-state index >= 15 is 0 Å². The number of carbonyl (C=O) groups excluding carboxylic acids is 2. The van der Waals surface area contributed by atoms with Crippen LogP contribution in [0.1, 0.15) is 5.56 Å². The van der Waals surface area contributed by atoms with Gasteiger partial charge in [-0.2, -0.15) is 0 Å². The van der Waals surface area contributed by atoms with Gasteiger partial charge in [0.15, 0.2) is 5.76 Å². The van der Waals surface area contributed by atoms with Gasteiger partial charge < -0.3 is 20.1 Å². The van der Waals surface area contributed by atoms with Gasteiger partial charge in [0.25, 0.3) is 11.8 Å². The van der Waals surface area contributed by atoms with Crippen LogP contribution in [0.5, 0.6) is 5.75 Å². The molecule has 0 unspecified atom stereocenters. The van der Waals surface area contributed by atoms with E-state index in [0.717, 1.165) is 11.3 Å². The third-order valence-electron chi connectivity index (χ3n) is 3.12. The Morgan fingerprint density at radius 1 is 1.40 bits per heavy atom. The molecule has 0 fully saturated rings. The summed E-state index contributed by atoms with van der Waals surface area (Å²) in [5.74, 6) is -0.696. The van der Waals surface area contributed by atoms with Gasteiger partial charge >= 0.3 is 0 Å². The lowest BCUT2D eigenvalue weighted by atomic mass is 10.2. The molecule has 0 atom stereocenters. The minimum Gasteiger partial charge on any atom is -0.503 e. The molecule has 1 aliphatic rings. The third kappa shape index (κ3) is 2.74. The second-order valence-electron chi connectivity index (χ2n) is 4.52. The van der Waals surface area contributed by atoms with Crippen molar-refractivity contribution in [1.82, 2.24) is 10.2 Å². The van der Waals surface area contributed by atoms with Gasteiger partial charge in [0, 0.05) is 13.6 Å². The number of nitrogens with zero attached hydrogens (tertiary/aromatic N) is 1. The SMILES string of the molecule is COc1ccc(CNC(=O)C2=C(O)C(=O)N(C)C2)cc1. The number of aliphatic hydroxyl groups is 1. The van der Waals surface area contributed by atoms with Crippen LogP contribution in [-0.4, -0.2) is 42.5 Å². The molecule has 0 radical (unpaired) electrons. The summed E-state index contributed by atoms with van der Waals surface area (Å²) < 4.78 is 5.04. The number of aliphatic hydroxyl groups excluding tert-OH is 1. The number of hydrogen-bond acceptors (Lipinski definition) is 4. The second kappa shape index (κ2) is 5.64. The number of likely N-dealkylation sites (N-methyl/N-ethyl adjacent to an activating group) is 1. The van der Waals surface area contributed by atoms with Gasteiger partial charge in [-0.15, -0.1) is 0 Å². The first-order valence-corrected chi connectivity index (χ1v) is 6.11. The molecule has 6 nitrogen and oxygen atoms in total. The first-order chi connectivity index (χ1) is 9.52. The molecule has 20 heavy (non-hydrogen) atoms. The van der Waals surface area contributed by atoms with Gasteiger partial charge in [0.1, 0.15) is 5.75 Å². The van der Waals surface area contributed by atoms with E-state index in [9.17, 15) is 14.7 Å². The summed E-state index contributed by atoms with van der Waals surface area (Å²) in [7, 11) is 3.11. The highest BCUT2D eigenvalue weighted by Crippen LogP contribution is 2.16. The number of hydrogen-bond donors (Lipinski definition) is 2. The average molecular weight is 276 g/mol. The number of ether oxygens (including phenoxy) is 1. The van der Waals surface area contributed by atoms with Crippen molar-refractivity contribution in [2.24, 2.45) is 0 Å². The zero-order chi connectivity index (χ0) is 14.7. The molecule has 0 bridgehead atoms. The van der Waals surface area contributed by atoms with Crippen molar-refractivity contribution >= 4 is 11.8 Å². The minimum absolute atomic E-state index is 0.103. The van der Waals surface area contributed by atoms with E-state index in [1.54, 1.807) is 19.2 Å². The predicted octanol–water partition coefficient (Wildman–Crippen LogP) is 0.595. The summed E-state index contributed by atoms with van der Waals surface area (Å²) >= 11 is 0. The molecule has 106 valence electrons. The monoisotopic (exact) mass is 276 g/mol. The van der Waals surface area contributed by atoms with Crippen molar-refractivity contribution in [3.8, 4) is 5.75 Å². The fourth-order valence-electron chi connectivity index (χ4n) is 1.91. The van der Waals surface area contributed by atoms with E-state index in [0.29, 0.717) is 6.54 Å². The number of carbonyl (C=O) groups is 2. The van der Waals surface area contributed by atoms with E-state index in [4.69, 9.17) is 4.74 Å². The van der Waals surface area contributed by atoms with Crippen LogP contribution in [0.4, 0.5) is 0 Å². The molecule has 6 heteroatoms. The van der Waals surface area contributed by atoms with Crippen LogP contribution in [0, 0.1) is 0 Å². The Bertz CT molecular complexity index is 563. The summed E-state index contributed by atoms with van der Waals surface area (Å²) in [5, 5.41) is 12.2. The van der Waals surface area contributed by atoms with E-state index < -0.39 is 17.6 Å². The Morgan fingerprint density at radius 2 is 2.05 bits per heavy atom.